The topological polar surface area (TPSA) is 75.4 Å². The summed E-state index contributed by atoms with van der Waals surface area (Å²) in [6.07, 6.45) is 2.05. The van der Waals surface area contributed by atoms with E-state index in [1.54, 1.807) is 36.4 Å². The number of aldehydes is 1. The van der Waals surface area contributed by atoms with E-state index in [4.69, 9.17) is 16.0 Å². The number of rotatable bonds is 4. The lowest BCUT2D eigenvalue weighted by atomic mass is 10.3. The SMILES string of the molecule is O=C/C(=C\Nc1ccccc1O)c1nc2cc(Cl)ccc2o1. The molecule has 1 heterocycles. The monoisotopic (exact) mass is 314 g/mol. The number of benzene rings is 2. The first-order chi connectivity index (χ1) is 10.7. The van der Waals surface area contributed by atoms with Crippen LogP contribution in [0.1, 0.15) is 5.89 Å². The molecule has 22 heavy (non-hydrogen) atoms. The van der Waals surface area contributed by atoms with Gasteiger partial charge in [-0.25, -0.2) is 4.98 Å². The molecular weight excluding hydrogens is 304 g/mol. The van der Waals surface area contributed by atoms with Crippen LogP contribution in [-0.4, -0.2) is 16.4 Å². The van der Waals surface area contributed by atoms with Crippen LogP contribution in [0.5, 0.6) is 5.75 Å². The Kier molecular flexibility index (Phi) is 3.80. The number of hydrogen-bond acceptors (Lipinski definition) is 5. The number of para-hydroxylation sites is 2. The predicted octanol–water partition coefficient (Wildman–Crippen LogP) is 3.84. The predicted molar refractivity (Wildman–Crippen MR) is 84.8 cm³/mol. The second-order valence-electron chi connectivity index (χ2n) is 4.51. The zero-order valence-corrected chi connectivity index (χ0v) is 12.0. The van der Waals surface area contributed by atoms with Crippen molar-refractivity contribution in [3.8, 4) is 5.75 Å². The van der Waals surface area contributed by atoms with E-state index in [0.717, 1.165) is 0 Å². The third-order valence-corrected chi connectivity index (χ3v) is 3.25. The Balaban J connectivity index is 1.93. The van der Waals surface area contributed by atoms with E-state index in [1.807, 2.05) is 0 Å². The molecule has 0 aliphatic rings. The first-order valence-corrected chi connectivity index (χ1v) is 6.81. The number of carbonyl (C=O) groups excluding carboxylic acids is 1. The summed E-state index contributed by atoms with van der Waals surface area (Å²) in [6.45, 7) is 0. The van der Waals surface area contributed by atoms with E-state index in [0.29, 0.717) is 28.1 Å². The zero-order chi connectivity index (χ0) is 15.5. The van der Waals surface area contributed by atoms with Gasteiger partial charge in [0.25, 0.3) is 0 Å². The van der Waals surface area contributed by atoms with E-state index >= 15 is 0 Å². The van der Waals surface area contributed by atoms with Crippen LogP contribution in [0, 0.1) is 0 Å². The molecule has 0 unspecified atom stereocenters. The van der Waals surface area contributed by atoms with Crippen LogP contribution < -0.4 is 5.32 Å². The van der Waals surface area contributed by atoms with Gasteiger partial charge in [0.15, 0.2) is 11.9 Å². The highest BCUT2D eigenvalue weighted by Crippen LogP contribution is 2.25. The van der Waals surface area contributed by atoms with Crippen LogP contribution in [0.3, 0.4) is 0 Å². The number of fused-ring (bicyclic) bond motifs is 1. The molecule has 0 aliphatic carbocycles. The first-order valence-electron chi connectivity index (χ1n) is 6.44. The van der Waals surface area contributed by atoms with Gasteiger partial charge in [-0.05, 0) is 30.3 Å². The first kappa shape index (κ1) is 14.2. The Bertz CT molecular complexity index is 871. The van der Waals surface area contributed by atoms with Gasteiger partial charge in [0.1, 0.15) is 11.3 Å². The summed E-state index contributed by atoms with van der Waals surface area (Å²) in [5, 5.41) is 13.1. The molecular formula is C16H11ClN2O3. The number of nitrogens with zero attached hydrogens (tertiary/aromatic N) is 1. The summed E-state index contributed by atoms with van der Waals surface area (Å²) in [5.74, 6) is 0.253. The molecule has 6 heteroatoms. The molecule has 0 saturated heterocycles. The van der Waals surface area contributed by atoms with Gasteiger partial charge in [0, 0.05) is 11.2 Å². The Morgan fingerprint density at radius 2 is 2.09 bits per heavy atom. The van der Waals surface area contributed by atoms with Gasteiger partial charge in [-0.15, -0.1) is 0 Å². The molecule has 0 amide bonds. The third-order valence-electron chi connectivity index (χ3n) is 3.01. The van der Waals surface area contributed by atoms with Crippen LogP contribution in [0.4, 0.5) is 5.69 Å². The van der Waals surface area contributed by atoms with Crippen molar-refractivity contribution in [2.24, 2.45) is 0 Å². The van der Waals surface area contributed by atoms with Gasteiger partial charge in [-0.1, -0.05) is 23.7 Å². The number of aromatic hydroxyl groups is 1. The normalized spacial score (nSPS) is 11.6. The lowest BCUT2D eigenvalue weighted by molar-refractivity contribution is -0.103. The Labute approximate surface area is 130 Å². The minimum absolute atomic E-state index is 0.0772. The molecule has 3 aromatic rings. The second kappa shape index (κ2) is 5.91. The number of aromatic nitrogens is 1. The molecule has 5 nitrogen and oxygen atoms in total. The third kappa shape index (κ3) is 2.80. The number of oxazole rings is 1. The highest BCUT2D eigenvalue weighted by molar-refractivity contribution is 6.31. The highest BCUT2D eigenvalue weighted by Gasteiger charge is 2.11. The van der Waals surface area contributed by atoms with E-state index in [-0.39, 0.29) is 17.2 Å². The lowest BCUT2D eigenvalue weighted by Crippen LogP contribution is -1.93. The van der Waals surface area contributed by atoms with Crippen molar-refractivity contribution in [3.05, 3.63) is 59.6 Å². The molecule has 0 spiro atoms. The van der Waals surface area contributed by atoms with Crippen molar-refractivity contribution in [3.63, 3.8) is 0 Å². The number of halogens is 1. The van der Waals surface area contributed by atoms with Crippen LogP contribution >= 0.6 is 11.6 Å². The number of allylic oxidation sites excluding steroid dienone is 1. The van der Waals surface area contributed by atoms with Gasteiger partial charge in [0.05, 0.1) is 11.3 Å². The Morgan fingerprint density at radius 1 is 1.27 bits per heavy atom. The minimum atomic E-state index is 0.0772. The summed E-state index contributed by atoms with van der Waals surface area (Å²) in [5.41, 5.74) is 1.80. The maximum Gasteiger partial charge on any atom is 0.232 e. The smallest absolute Gasteiger partial charge is 0.232 e. The fourth-order valence-electron chi connectivity index (χ4n) is 1.92. The molecule has 110 valence electrons. The van der Waals surface area contributed by atoms with Crippen molar-refractivity contribution in [1.29, 1.82) is 0 Å². The molecule has 0 fully saturated rings. The molecule has 0 bridgehead atoms. The van der Waals surface area contributed by atoms with Crippen molar-refractivity contribution in [2.75, 3.05) is 5.32 Å². The van der Waals surface area contributed by atoms with Crippen LogP contribution in [-0.2, 0) is 4.79 Å². The van der Waals surface area contributed by atoms with E-state index < -0.39 is 0 Å². The zero-order valence-electron chi connectivity index (χ0n) is 11.3. The minimum Gasteiger partial charge on any atom is -0.506 e. The van der Waals surface area contributed by atoms with Crippen LogP contribution in [0.2, 0.25) is 5.02 Å². The van der Waals surface area contributed by atoms with Gasteiger partial charge in [0.2, 0.25) is 5.89 Å². The molecule has 2 N–H and O–H groups in total. The summed E-state index contributed by atoms with van der Waals surface area (Å²) >= 11 is 5.89. The van der Waals surface area contributed by atoms with Crippen molar-refractivity contribution in [2.45, 2.75) is 0 Å². The molecule has 1 aromatic heterocycles. The van der Waals surface area contributed by atoms with E-state index in [1.165, 1.54) is 12.3 Å². The lowest BCUT2D eigenvalue weighted by Gasteiger charge is -2.03. The number of carbonyl (C=O) groups is 1. The standard InChI is InChI=1S/C16H11ClN2O3/c17-11-5-6-15-13(7-11)19-16(22-15)10(9-20)8-18-12-3-1-2-4-14(12)21/h1-9,18,21H/b10-8+. The number of anilines is 1. The second-order valence-corrected chi connectivity index (χ2v) is 4.95. The highest BCUT2D eigenvalue weighted by atomic mass is 35.5. The molecule has 3 rings (SSSR count). The maximum atomic E-state index is 11.3. The Hall–Kier alpha value is -2.79. The molecule has 0 radical (unpaired) electrons. The van der Waals surface area contributed by atoms with E-state index in [2.05, 4.69) is 10.3 Å². The van der Waals surface area contributed by atoms with Gasteiger partial charge in [-0.3, -0.25) is 4.79 Å². The summed E-state index contributed by atoms with van der Waals surface area (Å²) < 4.78 is 5.52. The largest absolute Gasteiger partial charge is 0.506 e. The van der Waals surface area contributed by atoms with Crippen LogP contribution in [0.25, 0.3) is 16.7 Å². The average molecular weight is 315 g/mol. The van der Waals surface area contributed by atoms with Gasteiger partial charge >= 0.3 is 0 Å². The number of phenolic OH excluding ortho intramolecular Hbond substituents is 1. The fourth-order valence-corrected chi connectivity index (χ4v) is 2.09. The fraction of sp³-hybridized carbons (Fsp3) is 0. The van der Waals surface area contributed by atoms with Crippen molar-refractivity contribution < 1.29 is 14.3 Å². The van der Waals surface area contributed by atoms with E-state index in [9.17, 15) is 9.90 Å². The number of phenols is 1. The number of hydrogen-bond donors (Lipinski definition) is 2. The molecule has 0 saturated carbocycles. The van der Waals surface area contributed by atoms with Crippen molar-refractivity contribution in [1.82, 2.24) is 4.98 Å². The summed E-state index contributed by atoms with van der Waals surface area (Å²) in [6, 6.07) is 11.7. The van der Waals surface area contributed by atoms with Gasteiger partial charge < -0.3 is 14.8 Å². The van der Waals surface area contributed by atoms with Gasteiger partial charge in [-0.2, -0.15) is 0 Å². The Morgan fingerprint density at radius 3 is 2.86 bits per heavy atom. The number of nitrogens with one attached hydrogen (secondary N) is 1. The van der Waals surface area contributed by atoms with Crippen LogP contribution in [0.15, 0.2) is 53.1 Å². The molecule has 0 atom stereocenters. The van der Waals surface area contributed by atoms with Crippen molar-refractivity contribution >= 4 is 40.2 Å². The quantitative estimate of drug-likeness (QED) is 0.435. The summed E-state index contributed by atoms with van der Waals surface area (Å²) in [7, 11) is 0. The average Bonchev–Trinajstić information content (AvgIpc) is 2.92. The summed E-state index contributed by atoms with van der Waals surface area (Å²) in [4.78, 5) is 15.5. The molecule has 2 aromatic carbocycles. The molecule has 0 aliphatic heterocycles. The maximum absolute atomic E-state index is 11.3.